The third-order valence-corrected chi connectivity index (χ3v) is 14.5. The van der Waals surface area contributed by atoms with E-state index >= 15 is 0 Å². The first kappa shape index (κ1) is 31.8. The molecule has 0 amide bonds. The van der Waals surface area contributed by atoms with Crippen LogP contribution in [0, 0.1) is 8.99 Å². The lowest BCUT2D eigenvalue weighted by atomic mass is 9.74. The normalized spacial score (nSPS) is 21.0. The largest absolute Gasteiger partial charge is 0.410 e. The van der Waals surface area contributed by atoms with Gasteiger partial charge in [-0.05, 0) is 82.6 Å². The van der Waals surface area contributed by atoms with Crippen LogP contribution in [0.4, 0.5) is 19.4 Å². The van der Waals surface area contributed by atoms with Gasteiger partial charge in [-0.25, -0.2) is 0 Å². The van der Waals surface area contributed by atoms with E-state index in [1.165, 1.54) is 0 Å². The molecule has 0 saturated heterocycles. The molecule has 0 radical (unpaired) electrons. The van der Waals surface area contributed by atoms with Crippen LogP contribution in [-0.4, -0.2) is 18.4 Å². The summed E-state index contributed by atoms with van der Waals surface area (Å²) in [4.78, 5) is 3.04. The molecular weight excluding hydrogens is 652 g/mol. The molecule has 1 aromatic heterocycles. The van der Waals surface area contributed by atoms with Gasteiger partial charge in [-0.15, -0.1) is 0 Å². The van der Waals surface area contributed by atoms with Crippen LogP contribution >= 0.6 is 32.8 Å². The molecule has 0 fully saturated rings. The Bertz CT molecular complexity index is 1230. The van der Waals surface area contributed by atoms with Crippen molar-refractivity contribution in [2.75, 3.05) is 0 Å². The van der Waals surface area contributed by atoms with Crippen molar-refractivity contribution >= 4 is 41.1 Å². The fraction of sp³-hybridized carbons (Fsp3) is 0.593. The number of nitrogens with zero attached hydrogens (tertiary/aromatic N) is 1. The first-order chi connectivity index (χ1) is 16.7. The maximum atomic E-state index is 13.3. The van der Waals surface area contributed by atoms with Crippen LogP contribution in [0.5, 0.6) is 0 Å². The SMILES string of the molecule is CC(C)c1nc2c(c(I)c1C(O)c1ccc(S(F)(F)(F)(F)F)cc1)[C@@H](O[Si](C)(C)C(C)(C)C)CC(C)(C)C2. The average molecular weight is 692 g/mol. The molecule has 2 aromatic rings. The Kier molecular flexibility index (Phi) is 7.62. The number of aromatic nitrogens is 1. The third kappa shape index (κ3) is 6.58. The maximum Gasteiger partial charge on any atom is 0.310 e. The van der Waals surface area contributed by atoms with Crippen LogP contribution in [0.3, 0.4) is 0 Å². The van der Waals surface area contributed by atoms with Crippen molar-refractivity contribution < 1.29 is 29.0 Å². The zero-order valence-corrected chi connectivity index (χ0v) is 27.4. The Morgan fingerprint density at radius 3 is 2.05 bits per heavy atom. The van der Waals surface area contributed by atoms with Gasteiger partial charge in [0.1, 0.15) is 11.0 Å². The van der Waals surface area contributed by atoms with Crippen LogP contribution in [0.1, 0.15) is 101 Å². The second-order valence-electron chi connectivity index (χ2n) is 13.1. The summed E-state index contributed by atoms with van der Waals surface area (Å²) in [6, 6.07) is 2.54. The maximum absolute atomic E-state index is 13.3. The molecule has 0 aliphatic heterocycles. The van der Waals surface area contributed by atoms with E-state index in [2.05, 4.69) is 70.3 Å². The van der Waals surface area contributed by atoms with Gasteiger partial charge in [-0.2, -0.15) is 0 Å². The van der Waals surface area contributed by atoms with Crippen LogP contribution in [0.2, 0.25) is 18.1 Å². The van der Waals surface area contributed by atoms with Gasteiger partial charge in [0, 0.05) is 20.4 Å². The number of pyridine rings is 1. The van der Waals surface area contributed by atoms with Gasteiger partial charge in [-0.1, -0.05) is 80.0 Å². The van der Waals surface area contributed by atoms with Gasteiger partial charge in [0.25, 0.3) is 0 Å². The number of hydrogen-bond acceptors (Lipinski definition) is 3. The van der Waals surface area contributed by atoms with Crippen molar-refractivity contribution in [2.45, 2.75) is 102 Å². The molecule has 1 aliphatic carbocycles. The fourth-order valence-electron chi connectivity index (χ4n) is 4.65. The highest BCUT2D eigenvalue weighted by molar-refractivity contribution is 14.1. The molecule has 2 atom stereocenters. The van der Waals surface area contributed by atoms with Crippen molar-refractivity contribution in [3.05, 3.63) is 55.9 Å². The molecule has 38 heavy (non-hydrogen) atoms. The van der Waals surface area contributed by atoms with E-state index in [1.54, 1.807) is 0 Å². The van der Waals surface area contributed by atoms with Crippen molar-refractivity contribution in [1.29, 1.82) is 0 Å². The number of halogens is 6. The second-order valence-corrected chi connectivity index (χ2v) is 21.3. The predicted octanol–water partition coefficient (Wildman–Crippen LogP) is 10.6. The summed E-state index contributed by atoms with van der Waals surface area (Å²) in [6.45, 7) is 19.1. The molecule has 3 rings (SSSR count). The van der Waals surface area contributed by atoms with E-state index in [9.17, 15) is 24.5 Å². The Labute approximate surface area is 238 Å². The smallest absolute Gasteiger partial charge is 0.310 e. The van der Waals surface area contributed by atoms with Crippen molar-refractivity contribution in [1.82, 2.24) is 4.98 Å². The third-order valence-electron chi connectivity index (χ3n) is 7.73. The summed E-state index contributed by atoms with van der Waals surface area (Å²) < 4.78 is 74.0. The molecule has 1 heterocycles. The zero-order chi connectivity index (χ0) is 29.3. The lowest BCUT2D eigenvalue weighted by Gasteiger charge is -2.44. The molecule has 1 unspecified atom stereocenters. The number of aliphatic hydroxyl groups is 1. The summed E-state index contributed by atoms with van der Waals surface area (Å²) in [5, 5.41) is 11.4. The van der Waals surface area contributed by atoms with E-state index in [0.29, 0.717) is 23.4 Å². The minimum Gasteiger partial charge on any atom is -0.410 e. The van der Waals surface area contributed by atoms with Gasteiger partial charge < -0.3 is 9.53 Å². The van der Waals surface area contributed by atoms with Gasteiger partial charge >= 0.3 is 10.2 Å². The van der Waals surface area contributed by atoms with Crippen LogP contribution in [0.25, 0.3) is 0 Å². The molecule has 11 heteroatoms. The molecule has 1 N–H and O–H groups in total. The fourth-order valence-corrected chi connectivity index (χ4v) is 7.79. The highest BCUT2D eigenvalue weighted by Crippen LogP contribution is 3.02. The monoisotopic (exact) mass is 691 g/mol. The van der Waals surface area contributed by atoms with Gasteiger partial charge in [-0.3, -0.25) is 4.98 Å². The average Bonchev–Trinajstić information content (AvgIpc) is 2.69. The van der Waals surface area contributed by atoms with E-state index in [0.717, 1.165) is 39.8 Å². The minimum absolute atomic E-state index is 0.0293. The number of hydrogen-bond donors (Lipinski definition) is 1. The number of benzene rings is 1. The number of aliphatic hydroxyl groups excluding tert-OH is 1. The lowest BCUT2D eigenvalue weighted by Crippen LogP contribution is -2.44. The van der Waals surface area contributed by atoms with Gasteiger partial charge in [0.05, 0.1) is 11.8 Å². The van der Waals surface area contributed by atoms with Crippen LogP contribution < -0.4 is 0 Å². The molecule has 0 saturated carbocycles. The van der Waals surface area contributed by atoms with Crippen LogP contribution in [0.15, 0.2) is 29.2 Å². The highest BCUT2D eigenvalue weighted by Gasteiger charge is 2.65. The quantitative estimate of drug-likeness (QED) is 0.186. The van der Waals surface area contributed by atoms with E-state index in [1.807, 2.05) is 13.8 Å². The van der Waals surface area contributed by atoms with E-state index < -0.39 is 29.5 Å². The molecule has 1 aliphatic rings. The number of rotatable bonds is 6. The molecular formula is C27H39F5INO2SSi. The highest BCUT2D eigenvalue weighted by atomic mass is 127. The topological polar surface area (TPSA) is 42.4 Å². The zero-order valence-electron chi connectivity index (χ0n) is 23.4. The Morgan fingerprint density at radius 2 is 1.61 bits per heavy atom. The first-order valence-corrected chi connectivity index (χ1v) is 18.6. The molecule has 0 spiro atoms. The van der Waals surface area contributed by atoms with Crippen molar-refractivity contribution in [3.8, 4) is 0 Å². The molecule has 0 bridgehead atoms. The van der Waals surface area contributed by atoms with E-state index in [-0.39, 0.29) is 28.0 Å². The molecule has 216 valence electrons. The van der Waals surface area contributed by atoms with Crippen LogP contribution in [-0.2, 0) is 10.8 Å². The summed E-state index contributed by atoms with van der Waals surface area (Å²) in [7, 11) is -12.0. The van der Waals surface area contributed by atoms with Crippen molar-refractivity contribution in [3.63, 3.8) is 0 Å². The van der Waals surface area contributed by atoms with Crippen molar-refractivity contribution in [2.24, 2.45) is 5.41 Å². The lowest BCUT2D eigenvalue weighted by molar-refractivity contribution is 0.104. The predicted molar refractivity (Wildman–Crippen MR) is 156 cm³/mol. The summed E-state index contributed by atoms with van der Waals surface area (Å²) in [6.07, 6.45) is -0.103. The standard InChI is InChI=1S/C27H39F5INO2SSi/c1-16(2)24-22(25(35)17-10-12-18(13-11-17)37(28,29,30,31)32)23(33)21-19(34-24)14-27(6,7)15-20(21)36-38(8,9)26(3,4)5/h10-13,16,20,25,35H,14-15H2,1-9H3/t20-,25?/m0/s1. The summed E-state index contributed by atoms with van der Waals surface area (Å²) in [5.41, 5.74) is 2.98. The Balaban J connectivity index is 2.20. The second kappa shape index (κ2) is 9.12. The molecule has 1 aromatic carbocycles. The number of fused-ring (bicyclic) bond motifs is 1. The molecule has 3 nitrogen and oxygen atoms in total. The van der Waals surface area contributed by atoms with E-state index in [4.69, 9.17) is 9.41 Å². The summed E-state index contributed by atoms with van der Waals surface area (Å²) in [5.74, 6) is -0.0905. The van der Waals surface area contributed by atoms with Gasteiger partial charge in [0.15, 0.2) is 8.32 Å². The summed E-state index contributed by atoms with van der Waals surface area (Å²) >= 11 is 2.19. The minimum atomic E-state index is -9.82. The van der Waals surface area contributed by atoms with Gasteiger partial charge in [0.2, 0.25) is 0 Å². The first-order valence-electron chi connectivity index (χ1n) is 12.7. The Morgan fingerprint density at radius 1 is 1.08 bits per heavy atom. The Hall–Kier alpha value is -0.763.